The normalized spacial score (nSPS) is 12.5. The molecule has 85 valence electrons. The van der Waals surface area contributed by atoms with Gasteiger partial charge >= 0.3 is 50.9 Å². The predicted molar refractivity (Wildman–Crippen MR) is 87.2 cm³/mol. The standard InChI is InChI=1S/C14H11.2HI.Zr/c1-10-8-12-7-6-11-4-2-3-5-13(11)14(12)9-10;;;/h2-7H,8H2,1H3;2*1H;/q;;;+2/p-2. The number of fused-ring (bicyclic) bond motifs is 3. The molecule has 0 amide bonds. The van der Waals surface area contributed by atoms with Gasteiger partial charge < -0.3 is 0 Å². The van der Waals surface area contributed by atoms with Crippen LogP contribution >= 0.6 is 36.1 Å². The average molecular weight is 524 g/mol. The van der Waals surface area contributed by atoms with Crippen LogP contribution in [0.25, 0.3) is 10.8 Å². The Kier molecular flexibility index (Phi) is 5.68. The van der Waals surface area contributed by atoms with Gasteiger partial charge in [-0.2, -0.15) is 0 Å². The van der Waals surface area contributed by atoms with Gasteiger partial charge in [0.15, 0.2) is 0 Å². The molecule has 2 aromatic rings. The van der Waals surface area contributed by atoms with Crippen LogP contribution in [-0.2, 0) is 21.3 Å². The summed E-state index contributed by atoms with van der Waals surface area (Å²) in [7, 11) is 0. The second kappa shape index (κ2) is 6.81. The average Bonchev–Trinajstić information content (AvgIpc) is 2.71. The van der Waals surface area contributed by atoms with Gasteiger partial charge in [0.2, 0.25) is 0 Å². The molecule has 1 radical (unpaired) electrons. The van der Waals surface area contributed by atoms with Gasteiger partial charge in [-0.3, -0.25) is 0 Å². The van der Waals surface area contributed by atoms with Crippen molar-refractivity contribution in [3.05, 3.63) is 59.2 Å². The van der Waals surface area contributed by atoms with Crippen molar-refractivity contribution in [2.75, 3.05) is 0 Å². The Bertz CT molecular complexity index is 561. The van der Waals surface area contributed by atoms with E-state index in [1.807, 2.05) is 0 Å². The van der Waals surface area contributed by atoms with E-state index in [-0.39, 0.29) is 14.9 Å². The number of benzene rings is 2. The summed E-state index contributed by atoms with van der Waals surface area (Å²) in [5, 5.41) is 2.65. The SMILES string of the molecule is CC1=[C]c2c(ccc3ccccc23)C1.[I][Zr][I]. The van der Waals surface area contributed by atoms with Crippen molar-refractivity contribution in [1.29, 1.82) is 0 Å². The minimum absolute atomic E-state index is 0.170. The summed E-state index contributed by atoms with van der Waals surface area (Å²) in [6.07, 6.45) is 4.53. The predicted octanol–water partition coefficient (Wildman–Crippen LogP) is 5.26. The van der Waals surface area contributed by atoms with Crippen LogP contribution in [0.4, 0.5) is 0 Å². The molecule has 3 rings (SSSR count). The summed E-state index contributed by atoms with van der Waals surface area (Å²) in [6, 6.07) is 12.9. The quantitative estimate of drug-likeness (QED) is 0.413. The zero-order valence-electron chi connectivity index (χ0n) is 9.43. The van der Waals surface area contributed by atoms with Crippen LogP contribution in [-0.4, -0.2) is 0 Å². The Morgan fingerprint density at radius 1 is 1.12 bits per heavy atom. The fraction of sp³-hybridized carbons (Fsp3) is 0.143. The maximum absolute atomic E-state index is 3.46. The molecular weight excluding hydrogens is 513 g/mol. The number of rotatable bonds is 0. The molecule has 1 aliphatic carbocycles. The second-order valence-corrected chi connectivity index (χ2v) is 22.9. The number of allylic oxidation sites excluding steroid dienone is 1. The van der Waals surface area contributed by atoms with Crippen molar-refractivity contribution >= 4 is 46.9 Å². The zero-order chi connectivity index (χ0) is 12.3. The van der Waals surface area contributed by atoms with Crippen LogP contribution in [0.2, 0.25) is 0 Å². The van der Waals surface area contributed by atoms with Gasteiger partial charge in [0, 0.05) is 0 Å². The van der Waals surface area contributed by atoms with Crippen LogP contribution in [0.1, 0.15) is 18.1 Å². The molecule has 1 aliphatic rings. The number of hydrogen-bond acceptors (Lipinski definition) is 0. The van der Waals surface area contributed by atoms with E-state index in [0.29, 0.717) is 0 Å². The van der Waals surface area contributed by atoms with E-state index in [9.17, 15) is 0 Å². The fourth-order valence-corrected chi connectivity index (χ4v) is 2.15. The van der Waals surface area contributed by atoms with Crippen LogP contribution < -0.4 is 0 Å². The van der Waals surface area contributed by atoms with E-state index in [2.05, 4.69) is 85.5 Å². The van der Waals surface area contributed by atoms with Crippen LogP contribution in [0.15, 0.2) is 42.0 Å². The molecule has 17 heavy (non-hydrogen) atoms. The van der Waals surface area contributed by atoms with Gasteiger partial charge in [0.1, 0.15) is 0 Å². The van der Waals surface area contributed by atoms with Gasteiger partial charge in [-0.25, -0.2) is 0 Å². The first-order valence-electron chi connectivity index (χ1n) is 5.32. The molecule has 0 fully saturated rings. The molecule has 0 saturated carbocycles. The molecule has 0 bridgehead atoms. The molecule has 0 nitrogen and oxygen atoms in total. The van der Waals surface area contributed by atoms with Gasteiger partial charge in [-0.05, 0) is 41.3 Å². The van der Waals surface area contributed by atoms with Crippen molar-refractivity contribution in [2.24, 2.45) is 0 Å². The van der Waals surface area contributed by atoms with Gasteiger partial charge in [0.25, 0.3) is 0 Å². The maximum atomic E-state index is 3.46. The Labute approximate surface area is 132 Å². The Balaban J connectivity index is 0.000000329. The van der Waals surface area contributed by atoms with Crippen molar-refractivity contribution in [2.45, 2.75) is 13.3 Å². The molecule has 0 spiro atoms. The summed E-state index contributed by atoms with van der Waals surface area (Å²) in [5.74, 6) is 0. The molecule has 0 aromatic heterocycles. The van der Waals surface area contributed by atoms with Crippen LogP contribution in [0.3, 0.4) is 0 Å². The van der Waals surface area contributed by atoms with Gasteiger partial charge in [0.05, 0.1) is 0 Å². The summed E-state index contributed by atoms with van der Waals surface area (Å²) in [5.41, 5.74) is 4.07. The van der Waals surface area contributed by atoms with E-state index in [1.165, 1.54) is 27.5 Å². The fourth-order valence-electron chi connectivity index (χ4n) is 2.15. The topological polar surface area (TPSA) is 0 Å². The monoisotopic (exact) mass is 523 g/mol. The zero-order valence-corrected chi connectivity index (χ0v) is 16.2. The first-order chi connectivity index (χ1) is 8.26. The molecule has 0 unspecified atom stereocenters. The summed E-state index contributed by atoms with van der Waals surface area (Å²) in [4.78, 5) is 0. The first kappa shape index (κ1) is 14.2. The molecule has 0 aliphatic heterocycles. The second-order valence-electron chi connectivity index (χ2n) is 3.97. The van der Waals surface area contributed by atoms with Crippen molar-refractivity contribution < 1.29 is 14.9 Å². The van der Waals surface area contributed by atoms with Crippen LogP contribution in [0.5, 0.6) is 0 Å². The number of hydrogen-bond donors (Lipinski definition) is 0. The van der Waals surface area contributed by atoms with Crippen LogP contribution in [0, 0.1) is 6.08 Å². The third-order valence-corrected chi connectivity index (χ3v) is 2.81. The molecule has 0 atom stereocenters. The molecule has 2 aromatic carbocycles. The van der Waals surface area contributed by atoms with E-state index >= 15 is 0 Å². The van der Waals surface area contributed by atoms with E-state index in [4.69, 9.17) is 0 Å². The Hall–Kier alpha value is 0.783. The van der Waals surface area contributed by atoms with Crippen molar-refractivity contribution in [1.82, 2.24) is 0 Å². The van der Waals surface area contributed by atoms with Gasteiger partial charge in [-0.1, -0.05) is 42.0 Å². The Morgan fingerprint density at radius 3 is 2.59 bits per heavy atom. The van der Waals surface area contributed by atoms with Gasteiger partial charge in [-0.15, -0.1) is 0 Å². The third-order valence-electron chi connectivity index (χ3n) is 2.81. The van der Waals surface area contributed by atoms with E-state index in [1.54, 1.807) is 0 Å². The summed E-state index contributed by atoms with van der Waals surface area (Å²) >= 11 is 5.06. The first-order valence-corrected chi connectivity index (χ1v) is 19.9. The molecule has 0 N–H and O–H groups in total. The van der Waals surface area contributed by atoms with Crippen molar-refractivity contribution in [3.63, 3.8) is 0 Å². The van der Waals surface area contributed by atoms with E-state index < -0.39 is 0 Å². The summed E-state index contributed by atoms with van der Waals surface area (Å²) < 4.78 is 0. The molecular formula is C14H11I2Zr. The van der Waals surface area contributed by atoms with E-state index in [0.717, 1.165) is 6.42 Å². The minimum atomic E-state index is 0.170. The summed E-state index contributed by atoms with van der Waals surface area (Å²) in [6.45, 7) is 2.15. The molecule has 0 saturated heterocycles. The molecule has 3 heteroatoms. The Morgan fingerprint density at radius 2 is 1.82 bits per heavy atom. The van der Waals surface area contributed by atoms with Crippen molar-refractivity contribution in [3.8, 4) is 0 Å². The molecule has 0 heterocycles. The number of halogens is 2. The third kappa shape index (κ3) is 3.41.